The highest BCUT2D eigenvalue weighted by atomic mass is 35.5. The van der Waals surface area contributed by atoms with Crippen LogP contribution in [0.4, 0.5) is 0 Å². The Morgan fingerprint density at radius 1 is 1.28 bits per heavy atom. The summed E-state index contributed by atoms with van der Waals surface area (Å²) in [4.78, 5) is 15.0. The van der Waals surface area contributed by atoms with E-state index in [2.05, 4.69) is 4.90 Å². The average Bonchev–Trinajstić information content (AvgIpc) is 2.64. The Labute approximate surface area is 153 Å². The molecule has 1 atom stereocenters. The molecule has 3 rings (SSSR count). The molecule has 132 valence electrons. The molecular formula is C20H22ClNO3. The fraction of sp³-hybridized carbons (Fsp3) is 0.350. The van der Waals surface area contributed by atoms with Crippen molar-refractivity contribution >= 4 is 17.4 Å². The van der Waals surface area contributed by atoms with Crippen LogP contribution < -0.4 is 4.74 Å². The number of benzene rings is 2. The third-order valence-electron chi connectivity index (χ3n) is 4.70. The Kier molecular flexibility index (Phi) is 5.61. The van der Waals surface area contributed by atoms with Crippen molar-refractivity contribution in [2.24, 2.45) is 5.92 Å². The number of rotatable bonds is 5. The Balaban J connectivity index is 1.69. The Morgan fingerprint density at radius 3 is 2.76 bits per heavy atom. The predicted molar refractivity (Wildman–Crippen MR) is 98.4 cm³/mol. The standard InChI is InChI=1S/C20H22ClNO3/c1-25-18-6-2-4-16(20(18)24)13-22-11-3-5-15(12-22)19(23)14-7-9-17(21)10-8-14/h2,4,6-10,15,24H,3,5,11-13H2,1H3. The maximum absolute atomic E-state index is 12.7. The third kappa shape index (κ3) is 4.14. The molecule has 1 aliphatic rings. The number of ketones is 1. The van der Waals surface area contributed by atoms with Crippen molar-refractivity contribution in [2.45, 2.75) is 19.4 Å². The molecule has 25 heavy (non-hydrogen) atoms. The predicted octanol–water partition coefficient (Wildman–Crippen LogP) is 4.15. The third-order valence-corrected chi connectivity index (χ3v) is 4.95. The molecule has 2 aromatic rings. The largest absolute Gasteiger partial charge is 0.504 e. The summed E-state index contributed by atoms with van der Waals surface area (Å²) in [6.07, 6.45) is 1.86. The van der Waals surface area contributed by atoms with Crippen molar-refractivity contribution in [2.75, 3.05) is 20.2 Å². The van der Waals surface area contributed by atoms with Crippen molar-refractivity contribution in [1.29, 1.82) is 0 Å². The van der Waals surface area contributed by atoms with Gasteiger partial charge < -0.3 is 9.84 Å². The lowest BCUT2D eigenvalue weighted by atomic mass is 9.90. The van der Waals surface area contributed by atoms with Crippen LogP contribution in [0.1, 0.15) is 28.8 Å². The van der Waals surface area contributed by atoms with E-state index in [0.717, 1.165) is 24.9 Å². The molecule has 0 bridgehead atoms. The minimum Gasteiger partial charge on any atom is -0.504 e. The molecule has 1 N–H and O–H groups in total. The van der Waals surface area contributed by atoms with Crippen LogP contribution in [-0.4, -0.2) is 36.0 Å². The smallest absolute Gasteiger partial charge is 0.167 e. The Bertz CT molecular complexity index is 745. The Hall–Kier alpha value is -2.04. The van der Waals surface area contributed by atoms with Crippen molar-refractivity contribution in [3.63, 3.8) is 0 Å². The fourth-order valence-electron chi connectivity index (χ4n) is 3.36. The SMILES string of the molecule is COc1cccc(CN2CCCC(C(=O)c3ccc(Cl)cc3)C2)c1O. The van der Waals surface area contributed by atoms with E-state index in [4.69, 9.17) is 16.3 Å². The van der Waals surface area contributed by atoms with E-state index < -0.39 is 0 Å². The fourth-order valence-corrected chi connectivity index (χ4v) is 3.49. The van der Waals surface area contributed by atoms with Gasteiger partial charge in [0, 0.05) is 35.2 Å². The van der Waals surface area contributed by atoms with Crippen molar-refractivity contribution in [1.82, 2.24) is 4.90 Å². The number of carbonyl (C=O) groups excluding carboxylic acids is 1. The van der Waals surface area contributed by atoms with E-state index in [9.17, 15) is 9.90 Å². The van der Waals surface area contributed by atoms with E-state index in [1.54, 1.807) is 37.4 Å². The summed E-state index contributed by atoms with van der Waals surface area (Å²) in [5.41, 5.74) is 1.53. The van der Waals surface area contributed by atoms with Crippen LogP contribution in [0.5, 0.6) is 11.5 Å². The molecule has 0 amide bonds. The number of piperidine rings is 1. The summed E-state index contributed by atoms with van der Waals surface area (Å²) in [5.74, 6) is 0.790. The lowest BCUT2D eigenvalue weighted by Crippen LogP contribution is -2.38. The van der Waals surface area contributed by atoms with Crippen LogP contribution >= 0.6 is 11.6 Å². The second-order valence-electron chi connectivity index (χ2n) is 6.41. The van der Waals surface area contributed by atoms with Gasteiger partial charge in [-0.05, 0) is 49.7 Å². The molecule has 1 unspecified atom stereocenters. The monoisotopic (exact) mass is 359 g/mol. The zero-order chi connectivity index (χ0) is 17.8. The topological polar surface area (TPSA) is 49.8 Å². The molecule has 0 radical (unpaired) electrons. The van der Waals surface area contributed by atoms with Crippen molar-refractivity contribution in [3.8, 4) is 11.5 Å². The van der Waals surface area contributed by atoms with Gasteiger partial charge in [0.2, 0.25) is 0 Å². The van der Waals surface area contributed by atoms with Gasteiger partial charge in [-0.3, -0.25) is 9.69 Å². The van der Waals surface area contributed by atoms with Gasteiger partial charge in [0.25, 0.3) is 0 Å². The molecule has 2 aromatic carbocycles. The minimum absolute atomic E-state index is 0.0253. The molecule has 1 saturated heterocycles. The molecule has 1 heterocycles. The zero-order valence-corrected chi connectivity index (χ0v) is 15.0. The molecule has 4 nitrogen and oxygen atoms in total. The second kappa shape index (κ2) is 7.89. The number of phenols is 1. The van der Waals surface area contributed by atoms with Gasteiger partial charge in [0.1, 0.15) is 0 Å². The first-order chi connectivity index (χ1) is 12.1. The van der Waals surface area contributed by atoms with Gasteiger partial charge in [0.05, 0.1) is 7.11 Å². The summed E-state index contributed by atoms with van der Waals surface area (Å²) in [6.45, 7) is 2.21. The average molecular weight is 360 g/mol. The van der Waals surface area contributed by atoms with Crippen molar-refractivity contribution in [3.05, 3.63) is 58.6 Å². The molecule has 0 spiro atoms. The number of hydrogen-bond donors (Lipinski definition) is 1. The highest BCUT2D eigenvalue weighted by molar-refractivity contribution is 6.30. The number of Topliss-reactive ketones (excluding diaryl/α,β-unsaturated/α-hetero) is 1. The highest BCUT2D eigenvalue weighted by Gasteiger charge is 2.27. The molecule has 0 aliphatic carbocycles. The summed E-state index contributed by atoms with van der Waals surface area (Å²) >= 11 is 5.90. The first-order valence-corrected chi connectivity index (χ1v) is 8.83. The van der Waals surface area contributed by atoms with Gasteiger partial charge >= 0.3 is 0 Å². The maximum atomic E-state index is 12.7. The number of likely N-dealkylation sites (tertiary alicyclic amines) is 1. The van der Waals surface area contributed by atoms with Crippen LogP contribution in [0, 0.1) is 5.92 Å². The van der Waals surface area contributed by atoms with Crippen LogP contribution in [0.15, 0.2) is 42.5 Å². The number of hydrogen-bond acceptors (Lipinski definition) is 4. The van der Waals surface area contributed by atoms with E-state index in [0.29, 0.717) is 29.4 Å². The van der Waals surface area contributed by atoms with Gasteiger partial charge in [-0.1, -0.05) is 23.7 Å². The summed E-state index contributed by atoms with van der Waals surface area (Å²) < 4.78 is 5.17. The summed E-state index contributed by atoms with van der Waals surface area (Å²) in [6, 6.07) is 12.6. The number of halogens is 1. The van der Waals surface area contributed by atoms with Crippen molar-refractivity contribution < 1.29 is 14.6 Å². The first-order valence-electron chi connectivity index (χ1n) is 8.45. The van der Waals surface area contributed by atoms with Crippen LogP contribution in [0.2, 0.25) is 5.02 Å². The molecule has 0 saturated carbocycles. The zero-order valence-electron chi connectivity index (χ0n) is 14.2. The quantitative estimate of drug-likeness (QED) is 0.815. The van der Waals surface area contributed by atoms with E-state index in [1.807, 2.05) is 12.1 Å². The van der Waals surface area contributed by atoms with Crippen LogP contribution in [-0.2, 0) is 6.54 Å². The summed E-state index contributed by atoms with van der Waals surface area (Å²) in [7, 11) is 1.54. The number of para-hydroxylation sites is 1. The minimum atomic E-state index is -0.0253. The molecule has 1 aliphatic heterocycles. The normalized spacial score (nSPS) is 18.1. The number of phenolic OH excluding ortho intramolecular Hbond substituents is 1. The lowest BCUT2D eigenvalue weighted by Gasteiger charge is -2.32. The van der Waals surface area contributed by atoms with E-state index >= 15 is 0 Å². The lowest BCUT2D eigenvalue weighted by molar-refractivity contribution is 0.0810. The van der Waals surface area contributed by atoms with E-state index in [1.165, 1.54) is 0 Å². The molecular weight excluding hydrogens is 338 g/mol. The number of methoxy groups -OCH3 is 1. The first kappa shape index (κ1) is 17.8. The summed E-state index contributed by atoms with van der Waals surface area (Å²) in [5, 5.41) is 10.9. The van der Waals surface area contributed by atoms with Gasteiger partial charge in [-0.25, -0.2) is 0 Å². The highest BCUT2D eigenvalue weighted by Crippen LogP contribution is 2.31. The maximum Gasteiger partial charge on any atom is 0.167 e. The van der Waals surface area contributed by atoms with Crippen LogP contribution in [0.3, 0.4) is 0 Å². The van der Waals surface area contributed by atoms with Gasteiger partial charge in [0.15, 0.2) is 17.3 Å². The second-order valence-corrected chi connectivity index (χ2v) is 6.85. The van der Waals surface area contributed by atoms with Gasteiger partial charge in [-0.15, -0.1) is 0 Å². The molecule has 0 aromatic heterocycles. The number of nitrogens with zero attached hydrogens (tertiary/aromatic N) is 1. The van der Waals surface area contributed by atoms with Crippen LogP contribution in [0.25, 0.3) is 0 Å². The molecule has 1 fully saturated rings. The number of aromatic hydroxyl groups is 1. The Morgan fingerprint density at radius 2 is 2.04 bits per heavy atom. The van der Waals surface area contributed by atoms with E-state index in [-0.39, 0.29) is 17.5 Å². The number of ether oxygens (including phenoxy) is 1. The number of carbonyl (C=O) groups is 1. The molecule has 5 heteroatoms. The van der Waals surface area contributed by atoms with Gasteiger partial charge in [-0.2, -0.15) is 0 Å².